The molecule has 0 radical (unpaired) electrons. The summed E-state index contributed by atoms with van der Waals surface area (Å²) >= 11 is 0. The molecule has 11 heteroatoms. The van der Waals surface area contributed by atoms with Crippen LogP contribution in [0, 0.1) is 5.92 Å². The van der Waals surface area contributed by atoms with Gasteiger partial charge in [0.1, 0.15) is 11.5 Å². The number of nitrogens with one attached hydrogen (secondary N) is 1. The minimum absolute atomic E-state index is 0.0226. The van der Waals surface area contributed by atoms with Crippen molar-refractivity contribution in [3.8, 4) is 11.5 Å². The number of rotatable bonds is 13. The van der Waals surface area contributed by atoms with Crippen LogP contribution in [0.15, 0.2) is 78.9 Å². The van der Waals surface area contributed by atoms with E-state index in [-0.39, 0.29) is 35.7 Å². The van der Waals surface area contributed by atoms with Crippen molar-refractivity contribution in [2.45, 2.75) is 94.8 Å². The molecule has 292 valence electrons. The lowest BCUT2D eigenvalue weighted by Crippen LogP contribution is -2.65. The summed E-state index contributed by atoms with van der Waals surface area (Å²) in [6, 6.07) is 23.4. The molecule has 4 fully saturated rings. The topological polar surface area (TPSA) is 134 Å². The van der Waals surface area contributed by atoms with Gasteiger partial charge in [-0.25, -0.2) is 0 Å². The number of likely N-dealkylation sites (tertiary alicyclic amines) is 1. The fourth-order valence-electron chi connectivity index (χ4n) is 9.28. The van der Waals surface area contributed by atoms with Crippen LogP contribution in [-0.4, -0.2) is 117 Å². The highest BCUT2D eigenvalue weighted by Gasteiger charge is 2.44. The number of phenolic OH excluding ortho intramolecular Hbond substituents is 2. The average Bonchev–Trinajstić information content (AvgIpc) is 3.46. The number of amides is 4. The molecule has 3 aliphatic heterocycles. The standard InChI is InChI=1S/C44H55N5O6/c50-39-18-14-32(15-19-39)24-37(28-46-22-8-13-35(46)29-48-36(26-45-41(52)42(48)53)23-31-9-6-3-7-10-31)49-30-38(25-33-16-20-40(51)21-17-33)47(43(54)44(49)55)27-34-11-4-1-2-5-12-34/h3,6-7,9-10,14-21,34-38,50-51H,1-2,4-5,8,11-13,22-30H2,(H,45,52)/t35-,36+,37+,38+/m1/s1. The molecule has 55 heavy (non-hydrogen) atoms. The van der Waals surface area contributed by atoms with Crippen LogP contribution in [0.2, 0.25) is 0 Å². The van der Waals surface area contributed by atoms with E-state index >= 15 is 0 Å². The lowest BCUT2D eigenvalue weighted by Gasteiger charge is -2.46. The summed E-state index contributed by atoms with van der Waals surface area (Å²) < 4.78 is 0. The van der Waals surface area contributed by atoms with Crippen molar-refractivity contribution in [2.24, 2.45) is 5.92 Å². The number of piperazine rings is 2. The fraction of sp³-hybridized carbons (Fsp3) is 0.500. The molecule has 3 aromatic carbocycles. The Morgan fingerprint density at radius 1 is 0.618 bits per heavy atom. The molecular formula is C44H55N5O6. The van der Waals surface area contributed by atoms with Gasteiger partial charge in [-0.2, -0.15) is 0 Å². The van der Waals surface area contributed by atoms with Crippen LogP contribution in [0.1, 0.15) is 68.1 Å². The molecule has 7 rings (SSSR count). The first-order valence-electron chi connectivity index (χ1n) is 20.3. The molecule has 3 aromatic rings. The monoisotopic (exact) mass is 749 g/mol. The molecule has 0 bridgehead atoms. The molecule has 4 amide bonds. The number of hydrogen-bond acceptors (Lipinski definition) is 7. The SMILES string of the molecule is O=C1NC[C@H](Cc2ccccc2)N(C[C@H]2CCCN2C[C@H](Cc2ccc(O)cc2)N2C[C@H](Cc3ccc(O)cc3)N(CC3CCCCCC3)C(=O)C2=O)C1=O. The maximum atomic E-state index is 14.4. The van der Waals surface area contributed by atoms with Gasteiger partial charge in [-0.05, 0) is 98.4 Å². The molecule has 3 N–H and O–H groups in total. The zero-order valence-corrected chi connectivity index (χ0v) is 31.7. The Morgan fingerprint density at radius 2 is 1.24 bits per heavy atom. The second-order valence-corrected chi connectivity index (χ2v) is 16.1. The smallest absolute Gasteiger partial charge is 0.312 e. The highest BCUT2D eigenvalue weighted by molar-refractivity contribution is 6.36. The first-order valence-corrected chi connectivity index (χ1v) is 20.3. The van der Waals surface area contributed by atoms with E-state index in [0.29, 0.717) is 57.9 Å². The second-order valence-electron chi connectivity index (χ2n) is 16.1. The number of carbonyl (C=O) groups is 4. The van der Waals surface area contributed by atoms with Gasteiger partial charge in [0, 0.05) is 44.8 Å². The van der Waals surface area contributed by atoms with Crippen LogP contribution < -0.4 is 5.32 Å². The molecule has 0 unspecified atom stereocenters. The van der Waals surface area contributed by atoms with Crippen LogP contribution in [0.4, 0.5) is 0 Å². The number of phenols is 2. The van der Waals surface area contributed by atoms with Crippen molar-refractivity contribution in [1.82, 2.24) is 24.9 Å². The average molecular weight is 750 g/mol. The van der Waals surface area contributed by atoms with Crippen molar-refractivity contribution in [3.05, 3.63) is 95.6 Å². The summed E-state index contributed by atoms with van der Waals surface area (Å²) in [6.07, 6.45) is 10.2. The van der Waals surface area contributed by atoms with Gasteiger partial charge in [0.2, 0.25) is 0 Å². The molecule has 3 heterocycles. The van der Waals surface area contributed by atoms with E-state index in [1.807, 2.05) is 59.5 Å². The van der Waals surface area contributed by atoms with E-state index in [2.05, 4.69) is 10.2 Å². The molecule has 4 atom stereocenters. The number of aromatic hydroxyl groups is 2. The van der Waals surface area contributed by atoms with Crippen LogP contribution in [0.3, 0.4) is 0 Å². The maximum absolute atomic E-state index is 14.4. The molecule has 0 aromatic heterocycles. The quantitative estimate of drug-likeness (QED) is 0.176. The third-order valence-electron chi connectivity index (χ3n) is 12.3. The third-order valence-corrected chi connectivity index (χ3v) is 12.3. The maximum Gasteiger partial charge on any atom is 0.312 e. The minimum Gasteiger partial charge on any atom is -0.508 e. The lowest BCUT2D eigenvalue weighted by atomic mass is 9.94. The lowest BCUT2D eigenvalue weighted by molar-refractivity contribution is -0.162. The molecule has 3 saturated heterocycles. The van der Waals surface area contributed by atoms with Gasteiger partial charge in [-0.15, -0.1) is 0 Å². The van der Waals surface area contributed by atoms with Crippen molar-refractivity contribution in [2.75, 3.05) is 39.3 Å². The summed E-state index contributed by atoms with van der Waals surface area (Å²) in [7, 11) is 0. The predicted octanol–water partition coefficient (Wildman–Crippen LogP) is 4.30. The summed E-state index contributed by atoms with van der Waals surface area (Å²) in [6.45, 7) is 3.01. The van der Waals surface area contributed by atoms with Crippen LogP contribution in [-0.2, 0) is 38.4 Å². The molecule has 4 aliphatic rings. The van der Waals surface area contributed by atoms with Gasteiger partial charge in [0.05, 0.1) is 12.1 Å². The van der Waals surface area contributed by atoms with E-state index in [0.717, 1.165) is 61.8 Å². The van der Waals surface area contributed by atoms with E-state index in [4.69, 9.17) is 0 Å². The number of benzene rings is 3. The highest BCUT2D eigenvalue weighted by Crippen LogP contribution is 2.30. The first kappa shape index (κ1) is 38.4. The molecular weight excluding hydrogens is 695 g/mol. The van der Waals surface area contributed by atoms with Crippen molar-refractivity contribution >= 4 is 23.6 Å². The van der Waals surface area contributed by atoms with Crippen molar-refractivity contribution in [1.29, 1.82) is 0 Å². The zero-order valence-electron chi connectivity index (χ0n) is 31.7. The summed E-state index contributed by atoms with van der Waals surface area (Å²) in [5, 5.41) is 22.8. The third kappa shape index (κ3) is 9.50. The second kappa shape index (κ2) is 17.7. The van der Waals surface area contributed by atoms with E-state index < -0.39 is 23.6 Å². The van der Waals surface area contributed by atoms with E-state index in [1.165, 1.54) is 12.8 Å². The Morgan fingerprint density at radius 3 is 1.93 bits per heavy atom. The fourth-order valence-corrected chi connectivity index (χ4v) is 9.28. The Bertz CT molecular complexity index is 1780. The number of carbonyl (C=O) groups excluding carboxylic acids is 4. The van der Waals surface area contributed by atoms with Gasteiger partial charge in [0.25, 0.3) is 0 Å². The van der Waals surface area contributed by atoms with Crippen molar-refractivity contribution in [3.63, 3.8) is 0 Å². The predicted molar refractivity (Wildman–Crippen MR) is 209 cm³/mol. The molecule has 0 spiro atoms. The minimum atomic E-state index is -0.579. The van der Waals surface area contributed by atoms with Crippen molar-refractivity contribution < 1.29 is 29.4 Å². The Balaban J connectivity index is 1.14. The van der Waals surface area contributed by atoms with E-state index in [1.54, 1.807) is 34.1 Å². The van der Waals surface area contributed by atoms with Gasteiger partial charge >= 0.3 is 23.6 Å². The van der Waals surface area contributed by atoms with Gasteiger partial charge in [-0.3, -0.25) is 24.1 Å². The number of nitrogens with zero attached hydrogens (tertiary/aromatic N) is 4. The summed E-state index contributed by atoms with van der Waals surface area (Å²) in [4.78, 5) is 62.5. The van der Waals surface area contributed by atoms with Gasteiger partial charge in [-0.1, -0.05) is 80.3 Å². The Hall–Kier alpha value is -4.90. The summed E-state index contributed by atoms with van der Waals surface area (Å²) in [5.74, 6) is -1.33. The van der Waals surface area contributed by atoms with Crippen LogP contribution >= 0.6 is 0 Å². The van der Waals surface area contributed by atoms with Crippen LogP contribution in [0.5, 0.6) is 11.5 Å². The number of hydrogen-bond donors (Lipinski definition) is 3. The molecule has 11 nitrogen and oxygen atoms in total. The zero-order chi connectivity index (χ0) is 38.3. The van der Waals surface area contributed by atoms with Crippen LogP contribution in [0.25, 0.3) is 0 Å². The highest BCUT2D eigenvalue weighted by atomic mass is 16.3. The van der Waals surface area contributed by atoms with E-state index in [9.17, 15) is 29.4 Å². The molecule has 1 saturated carbocycles. The Labute approximate surface area is 324 Å². The molecule has 1 aliphatic carbocycles. The van der Waals surface area contributed by atoms with Gasteiger partial charge in [0.15, 0.2) is 0 Å². The first-order chi connectivity index (χ1) is 26.7. The summed E-state index contributed by atoms with van der Waals surface area (Å²) in [5.41, 5.74) is 3.04. The van der Waals surface area contributed by atoms with Gasteiger partial charge < -0.3 is 30.2 Å². The largest absolute Gasteiger partial charge is 0.508 e. The normalized spacial score (nSPS) is 23.6. The Kier molecular flexibility index (Phi) is 12.4.